The van der Waals surface area contributed by atoms with E-state index in [0.29, 0.717) is 22.5 Å². The van der Waals surface area contributed by atoms with Crippen molar-refractivity contribution in [1.82, 2.24) is 9.13 Å². The Kier molecular flexibility index (Phi) is 5.73. The van der Waals surface area contributed by atoms with Gasteiger partial charge >= 0.3 is 5.69 Å². The quantitative estimate of drug-likeness (QED) is 0.391. The summed E-state index contributed by atoms with van der Waals surface area (Å²) in [7, 11) is 0. The van der Waals surface area contributed by atoms with Crippen LogP contribution in [0, 0.1) is 17.5 Å². The predicted octanol–water partition coefficient (Wildman–Crippen LogP) is 4.48. The number of hydrogen-bond acceptors (Lipinski definition) is 4. The van der Waals surface area contributed by atoms with E-state index >= 15 is 0 Å². The van der Waals surface area contributed by atoms with Crippen LogP contribution in [0.4, 0.5) is 18.9 Å². The Bertz CT molecular complexity index is 1720. The third-order valence-corrected chi connectivity index (χ3v) is 6.65. The zero-order valence-corrected chi connectivity index (χ0v) is 18.7. The minimum absolute atomic E-state index is 0.129. The molecule has 0 saturated carbocycles. The Labute approximate surface area is 199 Å². The lowest BCUT2D eigenvalue weighted by atomic mass is 10.2. The Morgan fingerprint density at radius 2 is 1.60 bits per heavy atom. The number of amides is 1. The molecule has 1 N–H and O–H groups in total. The highest BCUT2D eigenvalue weighted by Gasteiger charge is 2.20. The number of thiophene rings is 1. The topological polar surface area (TPSA) is 73.1 Å². The average molecular weight is 495 g/mol. The van der Waals surface area contributed by atoms with Crippen molar-refractivity contribution < 1.29 is 18.0 Å². The van der Waals surface area contributed by atoms with Gasteiger partial charge in [0, 0.05) is 16.2 Å². The van der Waals surface area contributed by atoms with E-state index in [4.69, 9.17) is 0 Å². The number of hydrogen-bond donors (Lipinski definition) is 1. The molecule has 5 aromatic rings. The van der Waals surface area contributed by atoms with Crippen molar-refractivity contribution in [3.8, 4) is 0 Å². The van der Waals surface area contributed by atoms with E-state index in [-0.39, 0.29) is 16.9 Å². The minimum atomic E-state index is -0.960. The summed E-state index contributed by atoms with van der Waals surface area (Å²) >= 11 is 1.19. The normalized spacial score (nSPS) is 11.3. The van der Waals surface area contributed by atoms with E-state index in [1.165, 1.54) is 35.6 Å². The highest BCUT2D eigenvalue weighted by molar-refractivity contribution is 7.25. The molecule has 2 heterocycles. The van der Waals surface area contributed by atoms with Crippen LogP contribution in [0.15, 0.2) is 76.3 Å². The highest BCUT2D eigenvalue weighted by atomic mass is 32.1. The van der Waals surface area contributed by atoms with Gasteiger partial charge in [-0.25, -0.2) is 18.0 Å². The van der Waals surface area contributed by atoms with Gasteiger partial charge in [-0.2, -0.15) is 0 Å². The number of anilines is 1. The fourth-order valence-electron chi connectivity index (χ4n) is 3.88. The number of rotatable bonds is 5. The summed E-state index contributed by atoms with van der Waals surface area (Å²) in [6.07, 6.45) is 0. The molecule has 0 unspecified atom stereocenters. The van der Waals surface area contributed by atoms with Crippen LogP contribution in [-0.4, -0.2) is 15.0 Å². The van der Waals surface area contributed by atoms with E-state index in [0.717, 1.165) is 26.0 Å². The first-order valence-electron chi connectivity index (χ1n) is 10.5. The molecule has 0 fully saturated rings. The van der Waals surface area contributed by atoms with Gasteiger partial charge in [0.05, 0.1) is 17.7 Å². The van der Waals surface area contributed by atoms with Gasteiger partial charge in [0.15, 0.2) is 0 Å². The first-order valence-corrected chi connectivity index (χ1v) is 11.3. The molecule has 0 saturated heterocycles. The Hall–Kier alpha value is -4.18. The van der Waals surface area contributed by atoms with Gasteiger partial charge in [-0.1, -0.05) is 30.3 Å². The number of carbonyl (C=O) groups is 1. The summed E-state index contributed by atoms with van der Waals surface area (Å²) in [4.78, 5) is 39.6. The van der Waals surface area contributed by atoms with Gasteiger partial charge in [0.2, 0.25) is 5.91 Å². The van der Waals surface area contributed by atoms with Gasteiger partial charge in [-0.15, -0.1) is 11.3 Å². The number of fused-ring (bicyclic) bond motifs is 3. The molecule has 3 aromatic carbocycles. The monoisotopic (exact) mass is 495 g/mol. The van der Waals surface area contributed by atoms with E-state index in [1.807, 2.05) is 0 Å². The first-order chi connectivity index (χ1) is 16.8. The van der Waals surface area contributed by atoms with Crippen molar-refractivity contribution in [1.29, 1.82) is 0 Å². The van der Waals surface area contributed by atoms with Crippen molar-refractivity contribution in [2.24, 2.45) is 0 Å². The summed E-state index contributed by atoms with van der Waals surface area (Å²) < 4.78 is 43.7. The van der Waals surface area contributed by atoms with Crippen LogP contribution in [0.5, 0.6) is 0 Å². The van der Waals surface area contributed by atoms with Gasteiger partial charge in [0.1, 0.15) is 28.7 Å². The molecule has 176 valence electrons. The minimum Gasteiger partial charge on any atom is -0.322 e. The molecule has 10 heteroatoms. The molecular weight excluding hydrogens is 479 g/mol. The molecule has 2 aromatic heterocycles. The van der Waals surface area contributed by atoms with Crippen LogP contribution in [0.1, 0.15) is 5.56 Å². The molecule has 0 aliphatic heterocycles. The van der Waals surface area contributed by atoms with Crippen molar-refractivity contribution in [2.75, 3.05) is 5.32 Å². The fraction of sp³-hybridized carbons (Fsp3) is 0.0800. The van der Waals surface area contributed by atoms with Crippen LogP contribution < -0.4 is 16.6 Å². The third kappa shape index (κ3) is 4.24. The summed E-state index contributed by atoms with van der Waals surface area (Å²) in [5, 5.41) is 2.96. The van der Waals surface area contributed by atoms with Crippen LogP contribution in [-0.2, 0) is 17.9 Å². The molecule has 0 atom stereocenters. The number of nitrogens with one attached hydrogen (secondary N) is 1. The zero-order valence-electron chi connectivity index (χ0n) is 17.9. The predicted molar refractivity (Wildman–Crippen MR) is 128 cm³/mol. The highest BCUT2D eigenvalue weighted by Crippen LogP contribution is 2.31. The SMILES string of the molecule is O=C(Cn1c(=O)n(Cc2ccc(F)cc2)c(=O)c2sc3ccccc3c21)Nc1ccc(F)cc1F. The van der Waals surface area contributed by atoms with Crippen molar-refractivity contribution in [3.05, 3.63) is 111 Å². The number of halogens is 3. The van der Waals surface area contributed by atoms with Gasteiger partial charge < -0.3 is 5.32 Å². The molecule has 0 aliphatic carbocycles. The fourth-order valence-corrected chi connectivity index (χ4v) is 5.03. The second-order valence-electron chi connectivity index (χ2n) is 7.83. The second kappa shape index (κ2) is 8.88. The number of aromatic nitrogens is 2. The standard InChI is InChI=1S/C25H16F3N3O3S/c26-15-7-5-14(6-8-15)12-31-24(33)23-22(17-3-1-2-4-20(17)35-23)30(25(31)34)13-21(32)29-19-10-9-16(27)11-18(19)28/h1-11H,12-13H2,(H,29,32). The lowest BCUT2D eigenvalue weighted by Crippen LogP contribution is -2.41. The average Bonchev–Trinajstić information content (AvgIpc) is 3.22. The van der Waals surface area contributed by atoms with Crippen LogP contribution in [0.3, 0.4) is 0 Å². The molecule has 0 radical (unpaired) electrons. The van der Waals surface area contributed by atoms with E-state index in [9.17, 15) is 27.6 Å². The Balaban J connectivity index is 1.64. The van der Waals surface area contributed by atoms with Crippen molar-refractivity contribution in [2.45, 2.75) is 13.1 Å². The second-order valence-corrected chi connectivity index (χ2v) is 8.89. The Morgan fingerprint density at radius 1 is 0.886 bits per heavy atom. The molecular formula is C25H16F3N3O3S. The van der Waals surface area contributed by atoms with Gasteiger partial charge in [0.25, 0.3) is 5.56 Å². The number of carbonyl (C=O) groups excluding carboxylic acids is 1. The molecule has 0 aliphatic rings. The maximum Gasteiger partial charge on any atom is 0.332 e. The maximum atomic E-state index is 14.0. The maximum absolute atomic E-state index is 14.0. The molecule has 1 amide bonds. The molecule has 0 bridgehead atoms. The molecule has 6 nitrogen and oxygen atoms in total. The van der Waals surface area contributed by atoms with Crippen LogP contribution in [0.2, 0.25) is 0 Å². The molecule has 5 rings (SSSR count). The van der Waals surface area contributed by atoms with E-state index < -0.39 is 41.2 Å². The summed E-state index contributed by atoms with van der Waals surface area (Å²) in [6.45, 7) is -0.646. The lowest BCUT2D eigenvalue weighted by Gasteiger charge is -2.13. The van der Waals surface area contributed by atoms with Crippen molar-refractivity contribution >= 4 is 43.2 Å². The molecule has 0 spiro atoms. The zero-order chi connectivity index (χ0) is 24.7. The smallest absolute Gasteiger partial charge is 0.322 e. The van der Waals surface area contributed by atoms with E-state index in [2.05, 4.69) is 5.32 Å². The summed E-state index contributed by atoms with van der Waals surface area (Å²) in [5.74, 6) is -2.95. The summed E-state index contributed by atoms with van der Waals surface area (Å²) in [5.41, 5.74) is -0.696. The Morgan fingerprint density at radius 3 is 2.34 bits per heavy atom. The van der Waals surface area contributed by atoms with Gasteiger partial charge in [-0.3, -0.25) is 18.7 Å². The number of benzene rings is 3. The van der Waals surface area contributed by atoms with Crippen LogP contribution >= 0.6 is 11.3 Å². The van der Waals surface area contributed by atoms with Gasteiger partial charge in [-0.05, 0) is 35.9 Å². The van der Waals surface area contributed by atoms with E-state index in [1.54, 1.807) is 24.3 Å². The number of nitrogens with zero attached hydrogens (tertiary/aromatic N) is 2. The van der Waals surface area contributed by atoms with Crippen molar-refractivity contribution in [3.63, 3.8) is 0 Å². The third-order valence-electron chi connectivity index (χ3n) is 5.50. The first kappa shape index (κ1) is 22.6. The largest absolute Gasteiger partial charge is 0.332 e. The van der Waals surface area contributed by atoms with Crippen LogP contribution in [0.25, 0.3) is 20.3 Å². The molecule has 35 heavy (non-hydrogen) atoms. The lowest BCUT2D eigenvalue weighted by molar-refractivity contribution is -0.116. The summed E-state index contributed by atoms with van der Waals surface area (Å²) in [6, 6.07) is 15.2.